The molecule has 1 rings (SSSR count). The first kappa shape index (κ1) is 10.3. The third kappa shape index (κ3) is 1.92. The second-order valence-electron chi connectivity index (χ2n) is 2.30. The number of carbonyl (C=O) groups is 1. The fraction of sp³-hybridized carbons (Fsp3) is 0.125. The molecule has 0 atom stereocenters. The van der Waals surface area contributed by atoms with E-state index in [1.807, 2.05) is 0 Å². The first-order chi connectivity index (χ1) is 6.07. The fourth-order valence-corrected chi connectivity index (χ4v) is 1.15. The third-order valence-electron chi connectivity index (χ3n) is 1.51. The van der Waals surface area contributed by atoms with Crippen LogP contribution in [0.2, 0.25) is 10.0 Å². The summed E-state index contributed by atoms with van der Waals surface area (Å²) < 4.78 is 13.2. The lowest BCUT2D eigenvalue weighted by Gasteiger charge is -2.03. The van der Waals surface area contributed by atoms with Gasteiger partial charge in [-0.2, -0.15) is 0 Å². The fourth-order valence-electron chi connectivity index (χ4n) is 0.836. The molecule has 0 unspecified atom stereocenters. The standard InChI is InChI=1S/C8H6Cl2FNO/c1-12-8(13)4-2-3-5(9)6(10)7(4)11/h2-3H,1H3,(H,12,13). The van der Waals surface area contributed by atoms with Crippen molar-refractivity contribution in [2.75, 3.05) is 7.05 Å². The van der Waals surface area contributed by atoms with Gasteiger partial charge in [0.2, 0.25) is 0 Å². The molecule has 0 spiro atoms. The second-order valence-corrected chi connectivity index (χ2v) is 3.09. The van der Waals surface area contributed by atoms with Crippen molar-refractivity contribution < 1.29 is 9.18 Å². The van der Waals surface area contributed by atoms with Gasteiger partial charge in [-0.05, 0) is 12.1 Å². The summed E-state index contributed by atoms with van der Waals surface area (Å²) in [5.74, 6) is -1.33. The zero-order valence-electron chi connectivity index (χ0n) is 6.70. The van der Waals surface area contributed by atoms with E-state index in [1.165, 1.54) is 19.2 Å². The van der Waals surface area contributed by atoms with Gasteiger partial charge < -0.3 is 5.32 Å². The highest BCUT2D eigenvalue weighted by atomic mass is 35.5. The van der Waals surface area contributed by atoms with E-state index in [2.05, 4.69) is 5.32 Å². The van der Waals surface area contributed by atoms with Gasteiger partial charge >= 0.3 is 0 Å². The van der Waals surface area contributed by atoms with Crippen LogP contribution in [0.3, 0.4) is 0 Å². The van der Waals surface area contributed by atoms with E-state index in [1.54, 1.807) is 0 Å². The van der Waals surface area contributed by atoms with E-state index in [9.17, 15) is 9.18 Å². The molecular formula is C8H6Cl2FNO. The molecule has 0 saturated heterocycles. The summed E-state index contributed by atoms with van der Waals surface area (Å²) in [4.78, 5) is 11.0. The Labute approximate surface area is 84.6 Å². The third-order valence-corrected chi connectivity index (χ3v) is 2.29. The number of amides is 1. The SMILES string of the molecule is CNC(=O)c1ccc(Cl)c(Cl)c1F. The van der Waals surface area contributed by atoms with Crippen LogP contribution in [0.15, 0.2) is 12.1 Å². The molecule has 1 N–H and O–H groups in total. The monoisotopic (exact) mass is 221 g/mol. The van der Waals surface area contributed by atoms with E-state index >= 15 is 0 Å². The van der Waals surface area contributed by atoms with Crippen LogP contribution in [0.5, 0.6) is 0 Å². The number of rotatable bonds is 1. The molecule has 1 aromatic rings. The van der Waals surface area contributed by atoms with Gasteiger partial charge in [0.1, 0.15) is 0 Å². The molecule has 1 amide bonds. The van der Waals surface area contributed by atoms with Crippen molar-refractivity contribution in [3.63, 3.8) is 0 Å². The van der Waals surface area contributed by atoms with E-state index < -0.39 is 11.7 Å². The molecule has 0 bridgehead atoms. The zero-order chi connectivity index (χ0) is 10.0. The maximum Gasteiger partial charge on any atom is 0.254 e. The predicted molar refractivity (Wildman–Crippen MR) is 49.8 cm³/mol. The normalized spacial score (nSPS) is 9.85. The predicted octanol–water partition coefficient (Wildman–Crippen LogP) is 2.49. The first-order valence-corrected chi connectivity index (χ1v) is 4.19. The van der Waals surface area contributed by atoms with Crippen molar-refractivity contribution in [1.29, 1.82) is 0 Å². The van der Waals surface area contributed by atoms with E-state index in [4.69, 9.17) is 23.2 Å². The number of hydrogen-bond donors (Lipinski definition) is 1. The molecule has 0 fully saturated rings. The Balaban J connectivity index is 3.26. The summed E-state index contributed by atoms with van der Waals surface area (Å²) in [5, 5.41) is 2.14. The largest absolute Gasteiger partial charge is 0.355 e. The topological polar surface area (TPSA) is 29.1 Å². The van der Waals surface area contributed by atoms with Crippen LogP contribution in [-0.2, 0) is 0 Å². The van der Waals surface area contributed by atoms with Crippen LogP contribution < -0.4 is 5.32 Å². The number of halogens is 3. The molecule has 0 saturated carbocycles. The van der Waals surface area contributed by atoms with Gasteiger partial charge in [-0.1, -0.05) is 23.2 Å². The quantitative estimate of drug-likeness (QED) is 0.726. The summed E-state index contributed by atoms with van der Waals surface area (Å²) in [6.07, 6.45) is 0. The highest BCUT2D eigenvalue weighted by Crippen LogP contribution is 2.26. The molecular weight excluding hydrogens is 216 g/mol. The van der Waals surface area contributed by atoms with Gasteiger partial charge in [-0.25, -0.2) is 4.39 Å². The Morgan fingerprint density at radius 1 is 1.46 bits per heavy atom. The summed E-state index contributed by atoms with van der Waals surface area (Å²) in [7, 11) is 1.41. The lowest BCUT2D eigenvalue weighted by molar-refractivity contribution is 0.0959. The van der Waals surface area contributed by atoms with Crippen LogP contribution in [0.25, 0.3) is 0 Å². The smallest absolute Gasteiger partial charge is 0.254 e. The molecule has 70 valence electrons. The van der Waals surface area contributed by atoms with Crippen LogP contribution in [0.4, 0.5) is 4.39 Å². The Kier molecular flexibility index (Phi) is 3.12. The lowest BCUT2D eigenvalue weighted by atomic mass is 10.2. The maximum atomic E-state index is 13.2. The van der Waals surface area contributed by atoms with E-state index in [0.29, 0.717) is 0 Å². The van der Waals surface area contributed by atoms with Crippen molar-refractivity contribution in [3.05, 3.63) is 33.6 Å². The van der Waals surface area contributed by atoms with E-state index in [-0.39, 0.29) is 15.6 Å². The number of benzene rings is 1. The molecule has 0 aliphatic rings. The summed E-state index contributed by atoms with van der Waals surface area (Å²) in [6.45, 7) is 0. The summed E-state index contributed by atoms with van der Waals surface area (Å²) in [6, 6.07) is 2.65. The van der Waals surface area contributed by atoms with Crippen LogP contribution in [-0.4, -0.2) is 13.0 Å². The Morgan fingerprint density at radius 3 is 2.62 bits per heavy atom. The minimum absolute atomic E-state index is 0.0896. The van der Waals surface area contributed by atoms with Gasteiger partial charge in [0.05, 0.1) is 15.6 Å². The van der Waals surface area contributed by atoms with Gasteiger partial charge in [-0.15, -0.1) is 0 Å². The van der Waals surface area contributed by atoms with Crippen molar-refractivity contribution in [1.82, 2.24) is 5.32 Å². The Morgan fingerprint density at radius 2 is 2.08 bits per heavy atom. The summed E-state index contributed by atoms with van der Waals surface area (Å²) in [5.41, 5.74) is -0.114. The second kappa shape index (κ2) is 3.94. The highest BCUT2D eigenvalue weighted by Gasteiger charge is 2.14. The number of carbonyl (C=O) groups excluding carboxylic acids is 1. The van der Waals surface area contributed by atoms with Gasteiger partial charge in [0, 0.05) is 7.05 Å². The molecule has 13 heavy (non-hydrogen) atoms. The van der Waals surface area contributed by atoms with Crippen molar-refractivity contribution in [2.45, 2.75) is 0 Å². The molecule has 0 aromatic heterocycles. The number of hydrogen-bond acceptors (Lipinski definition) is 1. The van der Waals surface area contributed by atoms with Gasteiger partial charge in [0.15, 0.2) is 5.82 Å². The molecule has 0 radical (unpaired) electrons. The average Bonchev–Trinajstić information content (AvgIpc) is 2.13. The molecule has 1 aromatic carbocycles. The lowest BCUT2D eigenvalue weighted by Crippen LogP contribution is -2.19. The van der Waals surface area contributed by atoms with Crippen LogP contribution in [0.1, 0.15) is 10.4 Å². The van der Waals surface area contributed by atoms with Crippen molar-refractivity contribution >= 4 is 29.1 Å². The van der Waals surface area contributed by atoms with Crippen LogP contribution in [0, 0.1) is 5.82 Å². The zero-order valence-corrected chi connectivity index (χ0v) is 8.21. The summed E-state index contributed by atoms with van der Waals surface area (Å²) >= 11 is 11.0. The van der Waals surface area contributed by atoms with Crippen LogP contribution >= 0.6 is 23.2 Å². The Hall–Kier alpha value is -0.800. The molecule has 0 aliphatic carbocycles. The Bertz CT molecular complexity index is 354. The molecule has 5 heteroatoms. The first-order valence-electron chi connectivity index (χ1n) is 3.43. The molecule has 2 nitrogen and oxygen atoms in total. The highest BCUT2D eigenvalue weighted by molar-refractivity contribution is 6.42. The van der Waals surface area contributed by atoms with Crippen molar-refractivity contribution in [3.8, 4) is 0 Å². The van der Waals surface area contributed by atoms with Gasteiger partial charge in [0.25, 0.3) is 5.91 Å². The van der Waals surface area contributed by atoms with Gasteiger partial charge in [-0.3, -0.25) is 4.79 Å². The van der Waals surface area contributed by atoms with Crippen molar-refractivity contribution in [2.24, 2.45) is 0 Å². The minimum atomic E-state index is -0.798. The number of nitrogens with one attached hydrogen (secondary N) is 1. The molecule has 0 aliphatic heterocycles. The minimum Gasteiger partial charge on any atom is -0.355 e. The molecule has 0 heterocycles. The van der Waals surface area contributed by atoms with E-state index in [0.717, 1.165) is 0 Å². The maximum absolute atomic E-state index is 13.2. The average molecular weight is 222 g/mol.